The van der Waals surface area contributed by atoms with Gasteiger partial charge < -0.3 is 20.1 Å². The number of rotatable bonds is 8. The molecule has 1 aliphatic rings. The summed E-state index contributed by atoms with van der Waals surface area (Å²) in [6.45, 7) is 12.2. The zero-order valence-corrected chi connectivity index (χ0v) is 15.5. The Bertz CT molecular complexity index is 484. The van der Waals surface area contributed by atoms with Crippen molar-refractivity contribution in [2.24, 2.45) is 4.99 Å². The summed E-state index contributed by atoms with van der Waals surface area (Å²) in [5, 5.41) is 10.9. The molecule has 0 spiro atoms. The van der Waals surface area contributed by atoms with E-state index in [1.165, 1.54) is 32.4 Å². The van der Waals surface area contributed by atoms with E-state index >= 15 is 0 Å². The van der Waals surface area contributed by atoms with E-state index in [4.69, 9.17) is 9.52 Å². The molecule has 0 bridgehead atoms. The summed E-state index contributed by atoms with van der Waals surface area (Å²) in [5.74, 6) is 1.83. The normalized spacial score (nSPS) is 16.4. The summed E-state index contributed by atoms with van der Waals surface area (Å²) in [5.41, 5.74) is 2.17. The number of nitrogens with one attached hydrogen (secondary N) is 2. The zero-order valence-electron chi connectivity index (χ0n) is 15.5. The standard InChI is InChI=1S/C18H33N5O/c1-4-16-15(17(5-2)24-22-16)14-21-18(19-6-3)20-10-13-23-11-8-7-9-12-23/h4-14H2,1-3H3,(H2,19,20,21). The van der Waals surface area contributed by atoms with Crippen LogP contribution in [0.3, 0.4) is 0 Å². The van der Waals surface area contributed by atoms with E-state index in [1.807, 2.05) is 0 Å². The van der Waals surface area contributed by atoms with Gasteiger partial charge in [0.25, 0.3) is 0 Å². The highest BCUT2D eigenvalue weighted by molar-refractivity contribution is 5.79. The largest absolute Gasteiger partial charge is 0.361 e. The van der Waals surface area contributed by atoms with Crippen molar-refractivity contribution >= 4 is 5.96 Å². The molecule has 0 amide bonds. The van der Waals surface area contributed by atoms with Crippen LogP contribution in [-0.4, -0.2) is 48.7 Å². The minimum absolute atomic E-state index is 0.620. The van der Waals surface area contributed by atoms with Crippen LogP contribution in [0.15, 0.2) is 9.52 Å². The van der Waals surface area contributed by atoms with Crippen LogP contribution in [0.2, 0.25) is 0 Å². The third-order valence-corrected chi connectivity index (χ3v) is 4.52. The average Bonchev–Trinajstić information content (AvgIpc) is 3.02. The molecule has 0 unspecified atom stereocenters. The van der Waals surface area contributed by atoms with E-state index in [2.05, 4.69) is 41.5 Å². The molecule has 0 aromatic carbocycles. The van der Waals surface area contributed by atoms with Gasteiger partial charge in [0, 0.05) is 31.6 Å². The molecular formula is C18H33N5O. The number of aliphatic imine (C=N–C) groups is 1. The number of likely N-dealkylation sites (tertiary alicyclic amines) is 1. The predicted octanol–water partition coefficient (Wildman–Crippen LogP) is 2.34. The molecule has 0 saturated carbocycles. The van der Waals surface area contributed by atoms with Crippen LogP contribution >= 0.6 is 0 Å². The molecule has 1 saturated heterocycles. The molecular weight excluding hydrogens is 302 g/mol. The van der Waals surface area contributed by atoms with Gasteiger partial charge in [-0.1, -0.05) is 25.4 Å². The summed E-state index contributed by atoms with van der Waals surface area (Å²) < 4.78 is 5.42. The summed E-state index contributed by atoms with van der Waals surface area (Å²) in [6, 6.07) is 0. The fourth-order valence-corrected chi connectivity index (χ4v) is 3.13. The molecule has 6 heteroatoms. The maximum atomic E-state index is 5.42. The van der Waals surface area contributed by atoms with E-state index in [9.17, 15) is 0 Å². The van der Waals surface area contributed by atoms with E-state index in [-0.39, 0.29) is 0 Å². The van der Waals surface area contributed by atoms with Crippen molar-refractivity contribution in [1.29, 1.82) is 0 Å². The Morgan fingerprint density at radius 2 is 1.92 bits per heavy atom. The molecule has 2 heterocycles. The highest BCUT2D eigenvalue weighted by Gasteiger charge is 2.13. The van der Waals surface area contributed by atoms with Crippen LogP contribution < -0.4 is 10.6 Å². The Morgan fingerprint density at radius 1 is 1.12 bits per heavy atom. The molecule has 6 nitrogen and oxygen atoms in total. The topological polar surface area (TPSA) is 65.7 Å². The van der Waals surface area contributed by atoms with Crippen LogP contribution in [0, 0.1) is 0 Å². The van der Waals surface area contributed by atoms with Gasteiger partial charge in [0.05, 0.1) is 12.2 Å². The van der Waals surface area contributed by atoms with Crippen LogP contribution in [0.25, 0.3) is 0 Å². The number of nitrogens with zero attached hydrogens (tertiary/aromatic N) is 3. The molecule has 0 atom stereocenters. The Balaban J connectivity index is 1.89. The van der Waals surface area contributed by atoms with Crippen molar-refractivity contribution in [3.8, 4) is 0 Å². The highest BCUT2D eigenvalue weighted by atomic mass is 16.5. The smallest absolute Gasteiger partial charge is 0.191 e. The number of piperidine rings is 1. The van der Waals surface area contributed by atoms with Gasteiger partial charge >= 0.3 is 0 Å². The summed E-state index contributed by atoms with van der Waals surface area (Å²) in [4.78, 5) is 7.26. The molecule has 1 aliphatic heterocycles. The molecule has 2 N–H and O–H groups in total. The van der Waals surface area contributed by atoms with Crippen molar-refractivity contribution < 1.29 is 4.52 Å². The Kier molecular flexibility index (Phi) is 8.08. The molecule has 2 rings (SSSR count). The molecule has 1 fully saturated rings. The maximum Gasteiger partial charge on any atom is 0.191 e. The fraction of sp³-hybridized carbons (Fsp3) is 0.778. The SMILES string of the molecule is CCNC(=NCc1c(CC)noc1CC)NCCN1CCCCC1. The molecule has 136 valence electrons. The van der Waals surface area contributed by atoms with Gasteiger partial charge in [-0.3, -0.25) is 0 Å². The van der Waals surface area contributed by atoms with Crippen LogP contribution in [0.5, 0.6) is 0 Å². The predicted molar refractivity (Wildman–Crippen MR) is 98.4 cm³/mol. The van der Waals surface area contributed by atoms with E-state index < -0.39 is 0 Å². The third kappa shape index (κ3) is 5.51. The summed E-state index contributed by atoms with van der Waals surface area (Å²) >= 11 is 0. The van der Waals surface area contributed by atoms with Crippen molar-refractivity contribution in [2.45, 2.75) is 59.4 Å². The lowest BCUT2D eigenvalue weighted by atomic mass is 10.1. The van der Waals surface area contributed by atoms with Gasteiger partial charge in [0.15, 0.2) is 5.96 Å². The first-order chi connectivity index (χ1) is 11.8. The summed E-state index contributed by atoms with van der Waals surface area (Å²) in [6.07, 6.45) is 5.79. The van der Waals surface area contributed by atoms with Crippen LogP contribution in [-0.2, 0) is 19.4 Å². The zero-order chi connectivity index (χ0) is 17.2. The van der Waals surface area contributed by atoms with Gasteiger partial charge in [-0.05, 0) is 39.3 Å². The second kappa shape index (κ2) is 10.3. The van der Waals surface area contributed by atoms with E-state index in [1.54, 1.807) is 0 Å². The Hall–Kier alpha value is -1.56. The Labute approximate surface area is 146 Å². The van der Waals surface area contributed by atoms with Gasteiger partial charge in [-0.15, -0.1) is 0 Å². The highest BCUT2D eigenvalue weighted by Crippen LogP contribution is 2.16. The minimum Gasteiger partial charge on any atom is -0.361 e. The molecule has 1 aromatic rings. The lowest BCUT2D eigenvalue weighted by Gasteiger charge is -2.26. The number of guanidine groups is 1. The Morgan fingerprint density at radius 3 is 2.58 bits per heavy atom. The lowest BCUT2D eigenvalue weighted by molar-refractivity contribution is 0.232. The van der Waals surface area contributed by atoms with Crippen LogP contribution in [0.1, 0.15) is 57.1 Å². The third-order valence-electron chi connectivity index (χ3n) is 4.52. The quantitative estimate of drug-likeness (QED) is 0.564. The molecule has 1 aromatic heterocycles. The number of aryl methyl sites for hydroxylation is 2. The number of hydrogen-bond donors (Lipinski definition) is 2. The van der Waals surface area contributed by atoms with Crippen molar-refractivity contribution in [1.82, 2.24) is 20.7 Å². The van der Waals surface area contributed by atoms with Gasteiger partial charge in [-0.25, -0.2) is 4.99 Å². The van der Waals surface area contributed by atoms with Crippen molar-refractivity contribution in [3.05, 3.63) is 17.0 Å². The maximum absolute atomic E-state index is 5.42. The molecule has 24 heavy (non-hydrogen) atoms. The van der Waals surface area contributed by atoms with Crippen LogP contribution in [0.4, 0.5) is 0 Å². The lowest BCUT2D eigenvalue weighted by Crippen LogP contribution is -2.42. The average molecular weight is 335 g/mol. The first-order valence-corrected chi connectivity index (χ1v) is 9.49. The fourth-order valence-electron chi connectivity index (χ4n) is 3.13. The second-order valence-electron chi connectivity index (χ2n) is 6.26. The number of aromatic nitrogens is 1. The second-order valence-corrected chi connectivity index (χ2v) is 6.26. The van der Waals surface area contributed by atoms with Crippen molar-refractivity contribution in [3.63, 3.8) is 0 Å². The van der Waals surface area contributed by atoms with Gasteiger partial charge in [0.2, 0.25) is 0 Å². The van der Waals surface area contributed by atoms with Gasteiger partial charge in [0.1, 0.15) is 5.76 Å². The van der Waals surface area contributed by atoms with E-state index in [0.717, 1.165) is 55.5 Å². The number of hydrogen-bond acceptors (Lipinski definition) is 4. The van der Waals surface area contributed by atoms with E-state index in [0.29, 0.717) is 6.54 Å². The summed E-state index contributed by atoms with van der Waals surface area (Å²) in [7, 11) is 0. The minimum atomic E-state index is 0.620. The monoisotopic (exact) mass is 335 g/mol. The molecule has 0 radical (unpaired) electrons. The van der Waals surface area contributed by atoms with Gasteiger partial charge in [-0.2, -0.15) is 0 Å². The molecule has 0 aliphatic carbocycles. The first-order valence-electron chi connectivity index (χ1n) is 9.49. The first kappa shape index (κ1) is 18.8. The van der Waals surface area contributed by atoms with Crippen molar-refractivity contribution in [2.75, 3.05) is 32.7 Å².